The Labute approximate surface area is 179 Å². The summed E-state index contributed by atoms with van der Waals surface area (Å²) in [5.74, 6) is 2.49. The Balaban J connectivity index is 0.00000364. The lowest BCUT2D eigenvalue weighted by molar-refractivity contribution is -0.116. The van der Waals surface area contributed by atoms with Gasteiger partial charge < -0.3 is 20.7 Å². The van der Waals surface area contributed by atoms with Crippen LogP contribution in [0.5, 0.6) is 5.75 Å². The van der Waals surface area contributed by atoms with E-state index in [2.05, 4.69) is 34.8 Å². The molecule has 7 heteroatoms. The first-order chi connectivity index (χ1) is 12.6. The SMILES string of the molecule is CN=C(NCCCCC(C)C)NCCOc1ccc2c(c1)CCC(=O)N2.I. The quantitative estimate of drug-likeness (QED) is 0.215. The molecule has 152 valence electrons. The molecule has 0 atom stereocenters. The number of aliphatic imine (C=N–C) groups is 1. The van der Waals surface area contributed by atoms with E-state index in [4.69, 9.17) is 4.74 Å². The van der Waals surface area contributed by atoms with Gasteiger partial charge in [-0.1, -0.05) is 26.7 Å². The predicted octanol–water partition coefficient (Wildman–Crippen LogP) is 3.56. The third kappa shape index (κ3) is 8.81. The van der Waals surface area contributed by atoms with E-state index < -0.39 is 0 Å². The van der Waals surface area contributed by atoms with E-state index in [1.807, 2.05) is 18.2 Å². The summed E-state index contributed by atoms with van der Waals surface area (Å²) < 4.78 is 5.81. The number of rotatable bonds is 9. The topological polar surface area (TPSA) is 74.8 Å². The number of unbranched alkanes of at least 4 members (excludes halogenated alkanes) is 1. The number of halogens is 1. The van der Waals surface area contributed by atoms with Crippen molar-refractivity contribution in [3.05, 3.63) is 23.8 Å². The average Bonchev–Trinajstić information content (AvgIpc) is 2.63. The van der Waals surface area contributed by atoms with E-state index in [1.165, 1.54) is 12.8 Å². The normalized spacial score (nSPS) is 13.5. The van der Waals surface area contributed by atoms with Gasteiger partial charge in [-0.15, -0.1) is 24.0 Å². The zero-order valence-corrected chi connectivity index (χ0v) is 19.0. The van der Waals surface area contributed by atoms with Crippen LogP contribution in [-0.2, 0) is 11.2 Å². The Kier molecular flexibility index (Phi) is 11.2. The molecule has 1 aliphatic rings. The van der Waals surface area contributed by atoms with Crippen LogP contribution in [0.4, 0.5) is 5.69 Å². The predicted molar refractivity (Wildman–Crippen MR) is 122 cm³/mol. The highest BCUT2D eigenvalue weighted by molar-refractivity contribution is 14.0. The molecule has 0 spiro atoms. The molecule has 2 rings (SSSR count). The fraction of sp³-hybridized carbons (Fsp3) is 0.600. The van der Waals surface area contributed by atoms with Gasteiger partial charge in [0.15, 0.2) is 5.96 Å². The molecular formula is C20H33IN4O2. The number of carbonyl (C=O) groups excluding carboxylic acids is 1. The Morgan fingerprint density at radius 2 is 2.00 bits per heavy atom. The molecule has 0 aliphatic carbocycles. The van der Waals surface area contributed by atoms with E-state index in [0.29, 0.717) is 19.6 Å². The van der Waals surface area contributed by atoms with Gasteiger partial charge in [-0.05, 0) is 42.5 Å². The molecule has 0 unspecified atom stereocenters. The van der Waals surface area contributed by atoms with Crippen molar-refractivity contribution in [2.45, 2.75) is 46.0 Å². The van der Waals surface area contributed by atoms with Crippen molar-refractivity contribution in [3.63, 3.8) is 0 Å². The maximum absolute atomic E-state index is 11.4. The van der Waals surface area contributed by atoms with Crippen molar-refractivity contribution >= 4 is 41.5 Å². The van der Waals surface area contributed by atoms with Crippen molar-refractivity contribution in [1.29, 1.82) is 0 Å². The number of carbonyl (C=O) groups is 1. The van der Waals surface area contributed by atoms with Gasteiger partial charge >= 0.3 is 0 Å². The largest absolute Gasteiger partial charge is 0.492 e. The standard InChI is InChI=1S/C20H32N4O2.HI/c1-15(2)6-4-5-11-22-20(21-3)23-12-13-26-17-8-9-18-16(14-17)7-10-19(25)24-18;/h8-9,14-15H,4-7,10-13H2,1-3H3,(H,24,25)(H2,21,22,23);1H. The van der Waals surface area contributed by atoms with Crippen LogP contribution < -0.4 is 20.7 Å². The van der Waals surface area contributed by atoms with Gasteiger partial charge in [-0.2, -0.15) is 0 Å². The van der Waals surface area contributed by atoms with Gasteiger partial charge in [-0.3, -0.25) is 9.79 Å². The van der Waals surface area contributed by atoms with E-state index in [9.17, 15) is 4.79 Å². The molecule has 27 heavy (non-hydrogen) atoms. The number of benzene rings is 1. The van der Waals surface area contributed by atoms with Crippen LogP contribution in [0.2, 0.25) is 0 Å². The Morgan fingerprint density at radius 1 is 1.22 bits per heavy atom. The van der Waals surface area contributed by atoms with Crippen LogP contribution in [-0.4, -0.2) is 38.6 Å². The number of hydrogen-bond acceptors (Lipinski definition) is 3. The highest BCUT2D eigenvalue weighted by atomic mass is 127. The molecule has 1 aromatic carbocycles. The second kappa shape index (κ2) is 12.8. The molecule has 1 amide bonds. The summed E-state index contributed by atoms with van der Waals surface area (Å²) in [7, 11) is 1.78. The van der Waals surface area contributed by atoms with Crippen LogP contribution in [0.1, 0.15) is 45.1 Å². The van der Waals surface area contributed by atoms with E-state index in [0.717, 1.165) is 48.3 Å². The highest BCUT2D eigenvalue weighted by Gasteiger charge is 2.14. The summed E-state index contributed by atoms with van der Waals surface area (Å²) >= 11 is 0. The Bertz CT molecular complexity index is 620. The van der Waals surface area contributed by atoms with Crippen molar-refractivity contribution in [2.75, 3.05) is 32.1 Å². The lowest BCUT2D eigenvalue weighted by Gasteiger charge is -2.18. The van der Waals surface area contributed by atoms with Crippen molar-refractivity contribution in [2.24, 2.45) is 10.9 Å². The highest BCUT2D eigenvalue weighted by Crippen LogP contribution is 2.26. The van der Waals surface area contributed by atoms with E-state index in [-0.39, 0.29) is 29.9 Å². The average molecular weight is 488 g/mol. The van der Waals surface area contributed by atoms with Gasteiger partial charge in [0.1, 0.15) is 12.4 Å². The summed E-state index contributed by atoms with van der Waals surface area (Å²) in [5, 5.41) is 9.47. The molecular weight excluding hydrogens is 455 g/mol. The number of anilines is 1. The monoisotopic (exact) mass is 488 g/mol. The lowest BCUT2D eigenvalue weighted by Crippen LogP contribution is -2.39. The van der Waals surface area contributed by atoms with Crippen LogP contribution in [0.25, 0.3) is 0 Å². The fourth-order valence-electron chi connectivity index (χ4n) is 2.89. The molecule has 0 radical (unpaired) electrons. The second-order valence-electron chi connectivity index (χ2n) is 7.03. The smallest absolute Gasteiger partial charge is 0.224 e. The number of amides is 1. The molecule has 0 fully saturated rings. The molecule has 0 bridgehead atoms. The minimum absolute atomic E-state index is 0. The van der Waals surface area contributed by atoms with Gasteiger partial charge in [0.25, 0.3) is 0 Å². The number of aryl methyl sites for hydroxylation is 1. The summed E-state index contributed by atoms with van der Waals surface area (Å²) in [4.78, 5) is 15.6. The first kappa shape index (κ1) is 23.5. The number of guanidine groups is 1. The van der Waals surface area contributed by atoms with E-state index >= 15 is 0 Å². The molecule has 3 N–H and O–H groups in total. The first-order valence-electron chi connectivity index (χ1n) is 9.58. The van der Waals surface area contributed by atoms with Crippen molar-refractivity contribution < 1.29 is 9.53 Å². The van der Waals surface area contributed by atoms with Crippen LogP contribution in [0, 0.1) is 5.92 Å². The number of ether oxygens (including phenoxy) is 1. The molecule has 0 aromatic heterocycles. The molecule has 6 nitrogen and oxygen atoms in total. The lowest BCUT2D eigenvalue weighted by atomic mass is 10.0. The van der Waals surface area contributed by atoms with Gasteiger partial charge in [0.05, 0.1) is 6.54 Å². The summed E-state index contributed by atoms with van der Waals surface area (Å²) in [6, 6.07) is 5.82. The third-order valence-electron chi connectivity index (χ3n) is 4.36. The maximum atomic E-state index is 11.4. The fourth-order valence-corrected chi connectivity index (χ4v) is 2.89. The van der Waals surface area contributed by atoms with Crippen molar-refractivity contribution in [3.8, 4) is 5.75 Å². The van der Waals surface area contributed by atoms with Gasteiger partial charge in [0.2, 0.25) is 5.91 Å². The van der Waals surface area contributed by atoms with E-state index in [1.54, 1.807) is 7.05 Å². The molecule has 1 heterocycles. The zero-order chi connectivity index (χ0) is 18.8. The molecule has 1 aliphatic heterocycles. The minimum Gasteiger partial charge on any atom is -0.492 e. The van der Waals surface area contributed by atoms with Gasteiger partial charge in [-0.25, -0.2) is 0 Å². The maximum Gasteiger partial charge on any atom is 0.224 e. The zero-order valence-electron chi connectivity index (χ0n) is 16.6. The Hall–Kier alpha value is -1.51. The molecule has 0 saturated carbocycles. The number of nitrogens with one attached hydrogen (secondary N) is 3. The van der Waals surface area contributed by atoms with Crippen LogP contribution >= 0.6 is 24.0 Å². The summed E-state index contributed by atoms with van der Waals surface area (Å²) in [5.41, 5.74) is 2.03. The number of nitrogens with zero attached hydrogens (tertiary/aromatic N) is 1. The number of fused-ring (bicyclic) bond motifs is 1. The molecule has 1 aromatic rings. The summed E-state index contributed by atoms with van der Waals surface area (Å²) in [6.07, 6.45) is 4.97. The number of hydrogen-bond donors (Lipinski definition) is 3. The van der Waals surface area contributed by atoms with Crippen LogP contribution in [0.15, 0.2) is 23.2 Å². The Morgan fingerprint density at radius 3 is 2.74 bits per heavy atom. The van der Waals surface area contributed by atoms with Crippen molar-refractivity contribution in [1.82, 2.24) is 10.6 Å². The summed E-state index contributed by atoms with van der Waals surface area (Å²) in [6.45, 7) is 6.68. The first-order valence-corrected chi connectivity index (χ1v) is 9.58. The second-order valence-corrected chi connectivity index (χ2v) is 7.03. The third-order valence-corrected chi connectivity index (χ3v) is 4.36. The van der Waals surface area contributed by atoms with Crippen LogP contribution in [0.3, 0.4) is 0 Å². The van der Waals surface area contributed by atoms with Gasteiger partial charge in [0, 0.05) is 25.7 Å². The minimum atomic E-state index is 0. The molecule has 0 saturated heterocycles.